The number of rotatable bonds is 5. The second-order valence-corrected chi connectivity index (χ2v) is 9.26. The molecule has 0 bridgehead atoms. The van der Waals surface area contributed by atoms with Crippen LogP contribution < -0.4 is 4.74 Å². The first-order chi connectivity index (χ1) is 13.8. The molecule has 1 amide bonds. The maximum atomic E-state index is 12.8. The molecular weight excluding hydrogens is 394 g/mol. The second kappa shape index (κ2) is 9.09. The predicted octanol–water partition coefficient (Wildman–Crippen LogP) is -0.0380. The zero-order chi connectivity index (χ0) is 21.0. The van der Waals surface area contributed by atoms with Gasteiger partial charge in [-0.3, -0.25) is 4.79 Å². The third kappa shape index (κ3) is 5.05. The minimum atomic E-state index is -3.49. The van der Waals surface area contributed by atoms with Crippen LogP contribution in [-0.4, -0.2) is 98.2 Å². The molecular formula is C19H27N5O4S. The van der Waals surface area contributed by atoms with E-state index < -0.39 is 16.3 Å². The van der Waals surface area contributed by atoms with Crippen LogP contribution >= 0.6 is 0 Å². The highest BCUT2D eigenvalue weighted by Crippen LogP contribution is 2.17. The van der Waals surface area contributed by atoms with Crippen LogP contribution in [-0.2, 0) is 15.0 Å². The van der Waals surface area contributed by atoms with E-state index >= 15 is 0 Å². The van der Waals surface area contributed by atoms with Crippen molar-refractivity contribution in [2.24, 2.45) is 0 Å². The average molecular weight is 422 g/mol. The van der Waals surface area contributed by atoms with Crippen molar-refractivity contribution < 1.29 is 17.9 Å². The lowest BCUT2D eigenvalue weighted by molar-refractivity contribution is -0.139. The van der Waals surface area contributed by atoms with Crippen molar-refractivity contribution in [2.75, 3.05) is 59.4 Å². The fraction of sp³-hybridized carbons (Fsp3) is 0.579. The third-order valence-corrected chi connectivity index (χ3v) is 7.34. The summed E-state index contributed by atoms with van der Waals surface area (Å²) in [5, 5.41) is 8.84. The molecule has 29 heavy (non-hydrogen) atoms. The monoisotopic (exact) mass is 421 g/mol. The summed E-state index contributed by atoms with van der Waals surface area (Å²) in [5.41, 5.74) is 0.522. The lowest BCUT2D eigenvalue weighted by Gasteiger charge is -2.39. The molecule has 2 aliphatic rings. The molecule has 1 aromatic rings. The highest BCUT2D eigenvalue weighted by molar-refractivity contribution is 7.86. The van der Waals surface area contributed by atoms with Gasteiger partial charge in [-0.05, 0) is 38.2 Å². The Morgan fingerprint density at radius 1 is 1.00 bits per heavy atom. The fourth-order valence-corrected chi connectivity index (χ4v) is 5.02. The summed E-state index contributed by atoms with van der Waals surface area (Å²) in [6, 6.07) is 8.61. The third-order valence-electron chi connectivity index (χ3n) is 5.31. The van der Waals surface area contributed by atoms with E-state index in [1.54, 1.807) is 36.1 Å². The highest BCUT2D eigenvalue weighted by Gasteiger charge is 2.35. The molecule has 0 aliphatic carbocycles. The normalized spacial score (nSPS) is 20.8. The fourth-order valence-electron chi connectivity index (χ4n) is 3.44. The zero-order valence-electron chi connectivity index (χ0n) is 16.8. The number of carbonyl (C=O) groups excluding carboxylic acids is 1. The number of benzene rings is 1. The van der Waals surface area contributed by atoms with Crippen LogP contribution in [0.5, 0.6) is 5.75 Å². The average Bonchev–Trinajstić information content (AvgIpc) is 2.74. The van der Waals surface area contributed by atoms with Gasteiger partial charge in [-0.15, -0.1) is 0 Å². The lowest BCUT2D eigenvalue weighted by Crippen LogP contribution is -2.58. The van der Waals surface area contributed by atoms with E-state index in [1.165, 1.54) is 8.61 Å². The first-order valence-electron chi connectivity index (χ1n) is 9.70. The van der Waals surface area contributed by atoms with Gasteiger partial charge in [0.25, 0.3) is 16.1 Å². The van der Waals surface area contributed by atoms with Crippen LogP contribution in [0.1, 0.15) is 12.5 Å². The highest BCUT2D eigenvalue weighted by atomic mass is 32.2. The van der Waals surface area contributed by atoms with Gasteiger partial charge < -0.3 is 14.5 Å². The second-order valence-electron chi connectivity index (χ2n) is 7.33. The van der Waals surface area contributed by atoms with Gasteiger partial charge in [0.1, 0.15) is 5.75 Å². The smallest absolute Gasteiger partial charge is 0.282 e. The number of piperazine rings is 2. The van der Waals surface area contributed by atoms with E-state index in [1.807, 2.05) is 13.1 Å². The molecule has 0 N–H and O–H groups in total. The van der Waals surface area contributed by atoms with Crippen LogP contribution in [0.25, 0.3) is 0 Å². The minimum Gasteiger partial charge on any atom is -0.481 e. The molecule has 1 atom stereocenters. The van der Waals surface area contributed by atoms with E-state index in [9.17, 15) is 13.2 Å². The van der Waals surface area contributed by atoms with Gasteiger partial charge in [-0.25, -0.2) is 0 Å². The summed E-state index contributed by atoms with van der Waals surface area (Å²) in [6.45, 7) is 5.35. The summed E-state index contributed by atoms with van der Waals surface area (Å²) >= 11 is 0. The molecule has 0 saturated carbocycles. The Morgan fingerprint density at radius 2 is 1.52 bits per heavy atom. The summed E-state index contributed by atoms with van der Waals surface area (Å²) < 4.78 is 34.3. The number of ether oxygens (including phenoxy) is 1. The Kier molecular flexibility index (Phi) is 6.74. The Bertz CT molecular complexity index is 852. The molecule has 2 fully saturated rings. The van der Waals surface area contributed by atoms with Crippen molar-refractivity contribution in [3.63, 3.8) is 0 Å². The molecule has 2 heterocycles. The zero-order valence-corrected chi connectivity index (χ0v) is 17.6. The van der Waals surface area contributed by atoms with Gasteiger partial charge >= 0.3 is 0 Å². The van der Waals surface area contributed by atoms with Crippen molar-refractivity contribution in [2.45, 2.75) is 13.0 Å². The maximum Gasteiger partial charge on any atom is 0.282 e. The SMILES string of the molecule is C[C@H](Oc1ccc(C#N)cc1)C(=O)N1CCN(S(=O)(=O)N2CCN(C)CC2)CC1. The molecule has 10 heteroatoms. The first kappa shape index (κ1) is 21.5. The van der Waals surface area contributed by atoms with Crippen LogP contribution in [0.2, 0.25) is 0 Å². The largest absolute Gasteiger partial charge is 0.481 e. The van der Waals surface area contributed by atoms with Gasteiger partial charge in [0.2, 0.25) is 0 Å². The van der Waals surface area contributed by atoms with Crippen LogP contribution in [0.4, 0.5) is 0 Å². The Hall–Kier alpha value is -2.19. The van der Waals surface area contributed by atoms with E-state index in [4.69, 9.17) is 10.00 Å². The molecule has 0 radical (unpaired) electrons. The van der Waals surface area contributed by atoms with Crippen LogP contribution in [0, 0.1) is 11.3 Å². The molecule has 9 nitrogen and oxygen atoms in total. The number of hydrogen-bond donors (Lipinski definition) is 0. The van der Waals surface area contributed by atoms with Crippen LogP contribution in [0.15, 0.2) is 24.3 Å². The number of amides is 1. The Morgan fingerprint density at radius 3 is 2.03 bits per heavy atom. The van der Waals surface area contributed by atoms with Gasteiger partial charge in [0.15, 0.2) is 6.10 Å². The number of nitrogens with zero attached hydrogens (tertiary/aromatic N) is 5. The summed E-state index contributed by atoms with van der Waals surface area (Å²) in [6.07, 6.45) is -0.691. The number of hydrogen-bond acceptors (Lipinski definition) is 6. The number of nitriles is 1. The first-order valence-corrected chi connectivity index (χ1v) is 11.1. The minimum absolute atomic E-state index is 0.175. The van der Waals surface area contributed by atoms with Crippen molar-refractivity contribution in [3.05, 3.63) is 29.8 Å². The summed E-state index contributed by atoms with van der Waals surface area (Å²) in [5.74, 6) is 0.340. The van der Waals surface area contributed by atoms with Gasteiger partial charge in [0, 0.05) is 52.4 Å². The molecule has 158 valence electrons. The Balaban J connectivity index is 1.52. The molecule has 0 aromatic heterocycles. The van der Waals surface area contributed by atoms with E-state index in [-0.39, 0.29) is 19.0 Å². The van der Waals surface area contributed by atoms with Crippen molar-refractivity contribution in [3.8, 4) is 11.8 Å². The molecule has 2 saturated heterocycles. The quantitative estimate of drug-likeness (QED) is 0.662. The van der Waals surface area contributed by atoms with E-state index in [2.05, 4.69) is 4.90 Å². The number of carbonyl (C=O) groups is 1. The Labute approximate surface area is 172 Å². The van der Waals surface area contributed by atoms with Gasteiger partial charge in [-0.1, -0.05) is 0 Å². The number of likely N-dealkylation sites (N-methyl/N-ethyl adjacent to an activating group) is 1. The van der Waals surface area contributed by atoms with Crippen molar-refractivity contribution >= 4 is 16.1 Å². The molecule has 2 aliphatic heterocycles. The summed E-state index contributed by atoms with van der Waals surface area (Å²) in [7, 11) is -1.51. The van der Waals surface area contributed by atoms with Gasteiger partial charge in [-0.2, -0.15) is 22.3 Å². The van der Waals surface area contributed by atoms with Crippen molar-refractivity contribution in [1.29, 1.82) is 5.26 Å². The maximum absolute atomic E-state index is 12.8. The molecule has 3 rings (SSSR count). The summed E-state index contributed by atoms with van der Waals surface area (Å²) in [4.78, 5) is 16.4. The lowest BCUT2D eigenvalue weighted by atomic mass is 10.2. The van der Waals surface area contributed by atoms with Gasteiger partial charge in [0.05, 0.1) is 11.6 Å². The molecule has 0 unspecified atom stereocenters. The standard InChI is InChI=1S/C19H27N5O4S/c1-16(28-18-5-3-17(15-20)4-6-18)19(25)22-9-13-24(14-10-22)29(26,27)23-11-7-21(2)8-12-23/h3-6,16H,7-14H2,1-2H3/t16-/m0/s1. The molecule has 0 spiro atoms. The topological polar surface area (TPSA) is 97.2 Å². The molecule has 1 aromatic carbocycles. The van der Waals surface area contributed by atoms with Crippen LogP contribution in [0.3, 0.4) is 0 Å². The predicted molar refractivity (Wildman–Crippen MR) is 107 cm³/mol. The van der Waals surface area contributed by atoms with Crippen molar-refractivity contribution in [1.82, 2.24) is 18.4 Å². The van der Waals surface area contributed by atoms with E-state index in [0.29, 0.717) is 37.5 Å². The van der Waals surface area contributed by atoms with E-state index in [0.717, 1.165) is 13.1 Å².